The second kappa shape index (κ2) is 8.79. The number of benzene rings is 4. The SMILES string of the molecule is c1ccc(-c2cccc(Oc3cccc(-n4c5ccccc5c5c6c(cnc54)sc4ccccc46)c3)c2)nc1. The second-order valence-electron chi connectivity index (χ2n) is 9.49. The van der Waals surface area contributed by atoms with Crippen LogP contribution in [0.15, 0.2) is 128 Å². The van der Waals surface area contributed by atoms with E-state index in [1.54, 1.807) is 17.5 Å². The summed E-state index contributed by atoms with van der Waals surface area (Å²) in [7, 11) is 0. The number of pyridine rings is 2. The highest BCUT2D eigenvalue weighted by Gasteiger charge is 2.18. The summed E-state index contributed by atoms with van der Waals surface area (Å²) in [6, 6.07) is 39.3. The van der Waals surface area contributed by atoms with Crippen LogP contribution in [0.3, 0.4) is 0 Å². The molecule has 0 fully saturated rings. The normalized spacial score (nSPS) is 11.6. The third kappa shape index (κ3) is 3.59. The van der Waals surface area contributed by atoms with Gasteiger partial charge in [0.1, 0.15) is 17.1 Å². The predicted molar refractivity (Wildman–Crippen MR) is 161 cm³/mol. The van der Waals surface area contributed by atoms with Gasteiger partial charge in [0.25, 0.3) is 0 Å². The van der Waals surface area contributed by atoms with Crippen LogP contribution in [0.4, 0.5) is 0 Å². The third-order valence-corrected chi connectivity index (χ3v) is 8.24. The first-order chi connectivity index (χ1) is 19.3. The van der Waals surface area contributed by atoms with Gasteiger partial charge in [0.15, 0.2) is 0 Å². The molecule has 0 saturated heterocycles. The number of nitrogens with zero attached hydrogens (tertiary/aromatic N) is 3. The maximum atomic E-state index is 6.36. The number of ether oxygens (including phenoxy) is 1. The van der Waals surface area contributed by atoms with E-state index in [-0.39, 0.29) is 0 Å². The topological polar surface area (TPSA) is 39.9 Å². The molecule has 0 aliphatic rings. The summed E-state index contributed by atoms with van der Waals surface area (Å²) in [5.41, 5.74) is 5.01. The average molecular weight is 520 g/mol. The quantitative estimate of drug-likeness (QED) is 0.232. The fourth-order valence-corrected chi connectivity index (χ4v) is 6.55. The van der Waals surface area contributed by atoms with Crippen molar-refractivity contribution in [2.24, 2.45) is 0 Å². The molecule has 4 nitrogen and oxygen atoms in total. The zero-order valence-corrected chi connectivity index (χ0v) is 21.6. The summed E-state index contributed by atoms with van der Waals surface area (Å²) in [6.45, 7) is 0. The van der Waals surface area contributed by atoms with Crippen molar-refractivity contribution in [1.82, 2.24) is 14.5 Å². The van der Waals surface area contributed by atoms with E-state index >= 15 is 0 Å². The third-order valence-electron chi connectivity index (χ3n) is 7.13. The van der Waals surface area contributed by atoms with Crippen LogP contribution >= 0.6 is 11.3 Å². The number of para-hydroxylation sites is 1. The number of rotatable bonds is 4. The molecular formula is C34H21N3OS. The van der Waals surface area contributed by atoms with Gasteiger partial charge in [-0.25, -0.2) is 4.98 Å². The van der Waals surface area contributed by atoms with Gasteiger partial charge in [0, 0.05) is 50.3 Å². The summed E-state index contributed by atoms with van der Waals surface area (Å²) >= 11 is 1.80. The van der Waals surface area contributed by atoms with E-state index in [2.05, 4.69) is 70.2 Å². The van der Waals surface area contributed by atoms with Crippen molar-refractivity contribution in [2.45, 2.75) is 0 Å². The highest BCUT2D eigenvalue weighted by atomic mass is 32.1. The molecule has 4 heterocycles. The minimum absolute atomic E-state index is 0.763. The largest absolute Gasteiger partial charge is 0.457 e. The Balaban J connectivity index is 1.29. The standard InChI is InChI=1S/C34H21N3OS/c1-3-16-29-26(13-1)33-32-27-14-2-4-17-30(27)39-31(32)21-36-34(33)37(29)23-10-8-12-25(20-23)38-24-11-7-9-22(19-24)28-15-5-6-18-35-28/h1-21H. The lowest BCUT2D eigenvalue weighted by Crippen LogP contribution is -1.96. The lowest BCUT2D eigenvalue weighted by atomic mass is 10.1. The van der Waals surface area contributed by atoms with Crippen molar-refractivity contribution >= 4 is 53.4 Å². The molecular weight excluding hydrogens is 498 g/mol. The first-order valence-corrected chi connectivity index (χ1v) is 13.6. The minimum Gasteiger partial charge on any atom is -0.457 e. The Labute approximate surface area is 228 Å². The van der Waals surface area contributed by atoms with Crippen LogP contribution in [0.1, 0.15) is 0 Å². The first-order valence-electron chi connectivity index (χ1n) is 12.8. The number of hydrogen-bond acceptors (Lipinski definition) is 4. The van der Waals surface area contributed by atoms with E-state index in [1.807, 2.05) is 60.8 Å². The molecule has 0 N–H and O–H groups in total. The Hall–Kier alpha value is -5.00. The Morgan fingerprint density at radius 1 is 0.615 bits per heavy atom. The van der Waals surface area contributed by atoms with Crippen molar-refractivity contribution in [1.29, 1.82) is 0 Å². The zero-order valence-electron chi connectivity index (χ0n) is 20.8. The van der Waals surface area contributed by atoms with Crippen LogP contribution in [0.2, 0.25) is 0 Å². The Morgan fingerprint density at radius 2 is 1.41 bits per heavy atom. The summed E-state index contributed by atoms with van der Waals surface area (Å²) in [5, 5.41) is 4.94. The first kappa shape index (κ1) is 22.0. The Kier molecular flexibility index (Phi) is 4.96. The highest BCUT2D eigenvalue weighted by molar-refractivity contribution is 7.26. The van der Waals surface area contributed by atoms with Gasteiger partial charge in [-0.2, -0.15) is 0 Å². The smallest absolute Gasteiger partial charge is 0.146 e. The molecule has 0 radical (unpaired) electrons. The number of fused-ring (bicyclic) bond motifs is 7. The molecule has 4 aromatic heterocycles. The van der Waals surface area contributed by atoms with Crippen LogP contribution in [-0.4, -0.2) is 14.5 Å². The Morgan fingerprint density at radius 3 is 2.31 bits per heavy atom. The van der Waals surface area contributed by atoms with Gasteiger partial charge in [-0.3, -0.25) is 9.55 Å². The fourth-order valence-electron chi connectivity index (χ4n) is 5.46. The molecule has 4 aromatic carbocycles. The zero-order chi connectivity index (χ0) is 25.8. The number of thiophene rings is 1. The summed E-state index contributed by atoms with van der Waals surface area (Å²) in [4.78, 5) is 9.48. The lowest BCUT2D eigenvalue weighted by molar-refractivity contribution is 0.482. The van der Waals surface area contributed by atoms with Crippen LogP contribution in [-0.2, 0) is 0 Å². The van der Waals surface area contributed by atoms with Crippen molar-refractivity contribution in [3.8, 4) is 28.4 Å². The van der Waals surface area contributed by atoms with Crippen LogP contribution in [0.25, 0.3) is 59.1 Å². The average Bonchev–Trinajstić information content (AvgIpc) is 3.53. The maximum absolute atomic E-state index is 6.36. The van der Waals surface area contributed by atoms with Gasteiger partial charge in [-0.1, -0.05) is 60.7 Å². The molecule has 0 spiro atoms. The molecule has 0 saturated carbocycles. The predicted octanol–water partition coefficient (Wildman–Crippen LogP) is 9.40. The highest BCUT2D eigenvalue weighted by Crippen LogP contribution is 2.42. The molecule has 0 amide bonds. The molecule has 0 aliphatic heterocycles. The van der Waals surface area contributed by atoms with Gasteiger partial charge in [-0.05, 0) is 48.5 Å². The molecule has 0 unspecified atom stereocenters. The summed E-state index contributed by atoms with van der Waals surface area (Å²) in [5.74, 6) is 1.53. The van der Waals surface area contributed by atoms with E-state index in [4.69, 9.17) is 9.72 Å². The molecule has 0 aliphatic carbocycles. The molecule has 184 valence electrons. The molecule has 39 heavy (non-hydrogen) atoms. The monoisotopic (exact) mass is 519 g/mol. The van der Waals surface area contributed by atoms with Gasteiger partial charge in [-0.15, -0.1) is 11.3 Å². The van der Waals surface area contributed by atoms with Crippen LogP contribution in [0, 0.1) is 0 Å². The van der Waals surface area contributed by atoms with Gasteiger partial charge in [0.2, 0.25) is 0 Å². The second-order valence-corrected chi connectivity index (χ2v) is 10.6. The Bertz CT molecular complexity index is 2160. The molecule has 0 bridgehead atoms. The van der Waals surface area contributed by atoms with E-state index in [1.165, 1.54) is 30.9 Å². The van der Waals surface area contributed by atoms with Crippen LogP contribution in [0.5, 0.6) is 11.5 Å². The van der Waals surface area contributed by atoms with Crippen molar-refractivity contribution in [2.75, 3.05) is 0 Å². The van der Waals surface area contributed by atoms with E-state index < -0.39 is 0 Å². The van der Waals surface area contributed by atoms with E-state index in [9.17, 15) is 0 Å². The van der Waals surface area contributed by atoms with Crippen molar-refractivity contribution in [3.05, 3.63) is 128 Å². The van der Waals surface area contributed by atoms with E-state index in [0.717, 1.165) is 39.6 Å². The molecule has 5 heteroatoms. The molecule has 0 atom stereocenters. The lowest BCUT2D eigenvalue weighted by Gasteiger charge is -2.11. The summed E-state index contributed by atoms with van der Waals surface area (Å²) in [6.07, 6.45) is 3.82. The molecule has 8 aromatic rings. The van der Waals surface area contributed by atoms with Crippen molar-refractivity contribution < 1.29 is 4.74 Å². The number of hydrogen-bond donors (Lipinski definition) is 0. The van der Waals surface area contributed by atoms with E-state index in [0.29, 0.717) is 0 Å². The molecule has 8 rings (SSSR count). The van der Waals surface area contributed by atoms with Gasteiger partial charge < -0.3 is 4.74 Å². The fraction of sp³-hybridized carbons (Fsp3) is 0. The maximum Gasteiger partial charge on any atom is 0.146 e. The van der Waals surface area contributed by atoms with Crippen LogP contribution < -0.4 is 4.74 Å². The van der Waals surface area contributed by atoms with Gasteiger partial charge >= 0.3 is 0 Å². The number of aromatic nitrogens is 3. The van der Waals surface area contributed by atoms with Crippen molar-refractivity contribution in [3.63, 3.8) is 0 Å². The minimum atomic E-state index is 0.763. The van der Waals surface area contributed by atoms with Gasteiger partial charge in [0.05, 0.1) is 21.6 Å². The summed E-state index contributed by atoms with van der Waals surface area (Å²) < 4.78 is 11.1.